The van der Waals surface area contributed by atoms with Crippen molar-refractivity contribution in [2.24, 2.45) is 4.99 Å². The molecule has 1 saturated heterocycles. The molecule has 0 aromatic rings. The summed E-state index contributed by atoms with van der Waals surface area (Å²) in [6.45, 7) is 13.6. The Labute approximate surface area is 154 Å². The normalized spacial score (nSPS) is 16.6. The first-order valence-corrected chi connectivity index (χ1v) is 9.96. The first-order valence-electron chi connectivity index (χ1n) is 9.96. The second-order valence-electron chi connectivity index (χ2n) is 7.88. The lowest BCUT2D eigenvalue weighted by molar-refractivity contribution is -0.121. The molecule has 0 aromatic carbocycles. The molecule has 0 atom stereocenters. The van der Waals surface area contributed by atoms with Gasteiger partial charge in [0.25, 0.3) is 0 Å². The van der Waals surface area contributed by atoms with Gasteiger partial charge in [0.15, 0.2) is 5.96 Å². The zero-order valence-electron chi connectivity index (χ0n) is 16.8. The number of piperidine rings is 1. The van der Waals surface area contributed by atoms with Crippen LogP contribution in [0, 0.1) is 0 Å². The number of hydrogen-bond donors (Lipinski definition) is 3. The maximum atomic E-state index is 11.9. The van der Waals surface area contributed by atoms with Crippen molar-refractivity contribution in [2.45, 2.75) is 71.8 Å². The third-order valence-electron chi connectivity index (χ3n) is 4.13. The average molecular weight is 354 g/mol. The van der Waals surface area contributed by atoms with Crippen molar-refractivity contribution < 1.29 is 4.79 Å². The van der Waals surface area contributed by atoms with Gasteiger partial charge in [-0.05, 0) is 73.0 Å². The first-order chi connectivity index (χ1) is 11.9. The molecule has 0 bridgehead atoms. The Bertz CT molecular complexity index is 397. The van der Waals surface area contributed by atoms with Crippen molar-refractivity contribution in [3.63, 3.8) is 0 Å². The molecular weight excluding hydrogens is 314 g/mol. The highest BCUT2D eigenvalue weighted by molar-refractivity contribution is 5.85. The summed E-state index contributed by atoms with van der Waals surface area (Å²) in [6, 6.07) is 0. The van der Waals surface area contributed by atoms with Crippen LogP contribution in [0.1, 0.15) is 66.2 Å². The molecule has 0 radical (unpaired) electrons. The largest absolute Gasteiger partial charge is 0.357 e. The number of nitrogens with one attached hydrogen (secondary N) is 3. The molecule has 1 fully saturated rings. The molecule has 1 aliphatic rings. The quantitative estimate of drug-likeness (QED) is 0.337. The topological polar surface area (TPSA) is 68.8 Å². The Morgan fingerprint density at radius 2 is 1.76 bits per heavy atom. The van der Waals surface area contributed by atoms with Gasteiger partial charge in [0.2, 0.25) is 5.91 Å². The number of nitrogens with zero attached hydrogens (tertiary/aromatic N) is 2. The summed E-state index contributed by atoms with van der Waals surface area (Å²) in [5, 5.41) is 9.44. The number of amides is 1. The van der Waals surface area contributed by atoms with Gasteiger partial charge < -0.3 is 20.9 Å². The average Bonchev–Trinajstić information content (AvgIpc) is 2.55. The Balaban J connectivity index is 2.16. The molecule has 146 valence electrons. The number of hydrogen-bond acceptors (Lipinski definition) is 3. The van der Waals surface area contributed by atoms with Crippen LogP contribution in [0.5, 0.6) is 0 Å². The van der Waals surface area contributed by atoms with Crippen molar-refractivity contribution in [2.75, 3.05) is 39.3 Å². The molecular formula is C19H39N5O. The molecule has 0 aromatic heterocycles. The fourth-order valence-corrected chi connectivity index (χ4v) is 2.98. The van der Waals surface area contributed by atoms with Gasteiger partial charge in [0, 0.05) is 18.6 Å². The Hall–Kier alpha value is -1.30. The third kappa shape index (κ3) is 11.8. The van der Waals surface area contributed by atoms with E-state index in [1.165, 1.54) is 51.7 Å². The van der Waals surface area contributed by atoms with Crippen LogP contribution in [-0.4, -0.2) is 61.6 Å². The number of guanidine groups is 1. The third-order valence-corrected chi connectivity index (χ3v) is 4.13. The van der Waals surface area contributed by atoms with E-state index >= 15 is 0 Å². The van der Waals surface area contributed by atoms with Gasteiger partial charge in [0.1, 0.15) is 6.54 Å². The second-order valence-corrected chi connectivity index (χ2v) is 7.88. The number of rotatable bonds is 9. The van der Waals surface area contributed by atoms with E-state index in [1.54, 1.807) is 0 Å². The predicted molar refractivity (Wildman–Crippen MR) is 106 cm³/mol. The van der Waals surface area contributed by atoms with Crippen molar-refractivity contribution >= 4 is 11.9 Å². The van der Waals surface area contributed by atoms with Gasteiger partial charge >= 0.3 is 0 Å². The van der Waals surface area contributed by atoms with Gasteiger partial charge in [0.05, 0.1) is 0 Å². The summed E-state index contributed by atoms with van der Waals surface area (Å²) in [5.74, 6) is 0.675. The number of carbonyl (C=O) groups excluding carboxylic acids is 1. The zero-order chi connectivity index (χ0) is 18.5. The number of aliphatic imine (C=N–C) groups is 1. The van der Waals surface area contributed by atoms with Crippen molar-refractivity contribution in [3.05, 3.63) is 0 Å². The zero-order valence-corrected chi connectivity index (χ0v) is 16.8. The van der Waals surface area contributed by atoms with E-state index < -0.39 is 0 Å². The van der Waals surface area contributed by atoms with Gasteiger partial charge in [-0.15, -0.1) is 0 Å². The van der Waals surface area contributed by atoms with Gasteiger partial charge in [-0.3, -0.25) is 4.79 Å². The Kier molecular flexibility index (Phi) is 10.5. The van der Waals surface area contributed by atoms with Gasteiger partial charge in [-0.25, -0.2) is 4.99 Å². The molecule has 0 aliphatic carbocycles. The van der Waals surface area contributed by atoms with Crippen LogP contribution < -0.4 is 16.0 Å². The van der Waals surface area contributed by atoms with Crippen LogP contribution in [0.3, 0.4) is 0 Å². The molecule has 1 heterocycles. The van der Waals surface area contributed by atoms with Crippen molar-refractivity contribution in [3.8, 4) is 0 Å². The Morgan fingerprint density at radius 1 is 1.04 bits per heavy atom. The lowest BCUT2D eigenvalue weighted by atomic mass is 10.1. The first kappa shape index (κ1) is 21.7. The standard InChI is InChI=1S/C19H39N5O/c1-5-20-18(22-16-17(25)23-19(2,3)4)21-12-8-6-9-13-24-14-10-7-11-15-24/h5-16H2,1-4H3,(H,23,25)(H2,20,21,22). The molecule has 0 saturated carbocycles. The molecule has 3 N–H and O–H groups in total. The van der Waals surface area contributed by atoms with E-state index in [-0.39, 0.29) is 18.0 Å². The van der Waals surface area contributed by atoms with E-state index in [4.69, 9.17) is 0 Å². The second kappa shape index (κ2) is 12.1. The van der Waals surface area contributed by atoms with Crippen LogP contribution in [0.2, 0.25) is 0 Å². The molecule has 6 heteroatoms. The van der Waals surface area contributed by atoms with E-state index in [0.717, 1.165) is 25.5 Å². The molecule has 1 aliphatic heterocycles. The summed E-state index contributed by atoms with van der Waals surface area (Å²) in [7, 11) is 0. The van der Waals surface area contributed by atoms with Crippen molar-refractivity contribution in [1.29, 1.82) is 0 Å². The van der Waals surface area contributed by atoms with Crippen LogP contribution in [0.25, 0.3) is 0 Å². The minimum Gasteiger partial charge on any atom is -0.357 e. The highest BCUT2D eigenvalue weighted by Crippen LogP contribution is 2.09. The number of carbonyl (C=O) groups is 1. The fourth-order valence-electron chi connectivity index (χ4n) is 2.98. The van der Waals surface area contributed by atoms with E-state index in [2.05, 4.69) is 25.8 Å². The summed E-state index contributed by atoms with van der Waals surface area (Å²) >= 11 is 0. The Morgan fingerprint density at radius 3 is 2.40 bits per heavy atom. The molecule has 1 amide bonds. The van der Waals surface area contributed by atoms with Crippen LogP contribution >= 0.6 is 0 Å². The van der Waals surface area contributed by atoms with E-state index in [1.807, 2.05) is 27.7 Å². The SMILES string of the molecule is CCNC(=NCC(=O)NC(C)(C)C)NCCCCCN1CCCCC1. The van der Waals surface area contributed by atoms with Crippen LogP contribution in [0.4, 0.5) is 0 Å². The maximum Gasteiger partial charge on any atom is 0.242 e. The summed E-state index contributed by atoms with van der Waals surface area (Å²) in [4.78, 5) is 18.8. The number of unbranched alkanes of at least 4 members (excludes halogenated alkanes) is 2. The van der Waals surface area contributed by atoms with E-state index in [9.17, 15) is 4.79 Å². The maximum absolute atomic E-state index is 11.9. The molecule has 6 nitrogen and oxygen atoms in total. The smallest absolute Gasteiger partial charge is 0.242 e. The molecule has 0 unspecified atom stereocenters. The molecule has 25 heavy (non-hydrogen) atoms. The lowest BCUT2D eigenvalue weighted by Crippen LogP contribution is -2.43. The van der Waals surface area contributed by atoms with E-state index in [0.29, 0.717) is 0 Å². The lowest BCUT2D eigenvalue weighted by Gasteiger charge is -2.26. The van der Waals surface area contributed by atoms with Crippen LogP contribution in [0.15, 0.2) is 4.99 Å². The summed E-state index contributed by atoms with van der Waals surface area (Å²) < 4.78 is 0. The van der Waals surface area contributed by atoms with Crippen LogP contribution in [-0.2, 0) is 4.79 Å². The molecule has 0 spiro atoms. The van der Waals surface area contributed by atoms with Gasteiger partial charge in [-0.2, -0.15) is 0 Å². The van der Waals surface area contributed by atoms with Gasteiger partial charge in [-0.1, -0.05) is 12.8 Å². The minimum atomic E-state index is -0.216. The highest BCUT2D eigenvalue weighted by Gasteiger charge is 2.13. The monoisotopic (exact) mass is 353 g/mol. The van der Waals surface area contributed by atoms with Crippen molar-refractivity contribution in [1.82, 2.24) is 20.9 Å². The summed E-state index contributed by atoms with van der Waals surface area (Å²) in [6.07, 6.45) is 7.77. The summed E-state index contributed by atoms with van der Waals surface area (Å²) in [5.41, 5.74) is -0.216. The highest BCUT2D eigenvalue weighted by atomic mass is 16.2. The molecule has 1 rings (SSSR count). The number of likely N-dealkylation sites (tertiary alicyclic amines) is 1. The minimum absolute atomic E-state index is 0.0498. The fraction of sp³-hybridized carbons (Fsp3) is 0.895. The predicted octanol–water partition coefficient (Wildman–Crippen LogP) is 2.11.